The van der Waals surface area contributed by atoms with Crippen molar-refractivity contribution in [2.24, 2.45) is 5.16 Å². The number of carbonyl (C=O) groups excluding carboxylic acids is 1. The molecular weight excluding hydrogens is 327 g/mol. The SMILES string of the molecule is CS(=O)(=O)ON=C1CCN1C(=O)c1cnccc1C(F)(F)F. The summed E-state index contributed by atoms with van der Waals surface area (Å²) in [7, 11) is -3.86. The molecule has 1 aromatic rings. The second-order valence-corrected chi connectivity index (χ2v) is 5.97. The van der Waals surface area contributed by atoms with E-state index < -0.39 is 33.3 Å². The predicted molar refractivity (Wildman–Crippen MR) is 68.3 cm³/mol. The highest BCUT2D eigenvalue weighted by Crippen LogP contribution is 2.32. The van der Waals surface area contributed by atoms with Gasteiger partial charge in [-0.05, 0) is 6.07 Å². The number of rotatable bonds is 3. The smallest absolute Gasteiger partial charge is 0.293 e. The molecule has 7 nitrogen and oxygen atoms in total. The maximum Gasteiger partial charge on any atom is 0.417 e. The number of nitrogens with zero attached hydrogens (tertiary/aromatic N) is 3. The molecule has 0 bridgehead atoms. The molecule has 1 fully saturated rings. The molecule has 11 heteroatoms. The molecule has 1 aliphatic rings. The van der Waals surface area contributed by atoms with Gasteiger partial charge in [0.2, 0.25) is 0 Å². The van der Waals surface area contributed by atoms with E-state index in [1.807, 2.05) is 0 Å². The van der Waals surface area contributed by atoms with E-state index in [0.717, 1.165) is 23.5 Å². The van der Waals surface area contributed by atoms with Crippen LogP contribution >= 0.6 is 0 Å². The first-order valence-electron chi connectivity index (χ1n) is 5.88. The third-order valence-electron chi connectivity index (χ3n) is 2.75. The van der Waals surface area contributed by atoms with Crippen LogP contribution < -0.4 is 0 Å². The van der Waals surface area contributed by atoms with Crippen molar-refractivity contribution in [2.45, 2.75) is 12.6 Å². The van der Waals surface area contributed by atoms with Crippen LogP contribution in [0.3, 0.4) is 0 Å². The molecule has 120 valence electrons. The van der Waals surface area contributed by atoms with Crippen molar-refractivity contribution in [1.82, 2.24) is 9.88 Å². The predicted octanol–water partition coefficient (Wildman–Crippen LogP) is 1.24. The van der Waals surface area contributed by atoms with Gasteiger partial charge >= 0.3 is 16.3 Å². The van der Waals surface area contributed by atoms with Gasteiger partial charge in [-0.2, -0.15) is 21.6 Å². The van der Waals surface area contributed by atoms with Crippen LogP contribution in [0.5, 0.6) is 0 Å². The van der Waals surface area contributed by atoms with E-state index in [1.54, 1.807) is 0 Å². The van der Waals surface area contributed by atoms with Crippen molar-refractivity contribution in [3.63, 3.8) is 0 Å². The van der Waals surface area contributed by atoms with Gasteiger partial charge < -0.3 is 0 Å². The number of carbonyl (C=O) groups is 1. The first kappa shape index (κ1) is 16.2. The molecule has 2 rings (SSSR count). The van der Waals surface area contributed by atoms with Gasteiger partial charge in [0.1, 0.15) is 0 Å². The third kappa shape index (κ3) is 3.53. The Hall–Kier alpha value is -2.17. The van der Waals surface area contributed by atoms with E-state index in [4.69, 9.17) is 0 Å². The maximum atomic E-state index is 12.9. The van der Waals surface area contributed by atoms with E-state index >= 15 is 0 Å². The largest absolute Gasteiger partial charge is 0.417 e. The van der Waals surface area contributed by atoms with Crippen LogP contribution in [0.2, 0.25) is 0 Å². The molecule has 1 aliphatic heterocycles. The molecule has 1 saturated heterocycles. The van der Waals surface area contributed by atoms with Gasteiger partial charge in [0.15, 0.2) is 5.84 Å². The highest BCUT2D eigenvalue weighted by molar-refractivity contribution is 7.85. The van der Waals surface area contributed by atoms with Gasteiger partial charge in [0.25, 0.3) is 5.91 Å². The van der Waals surface area contributed by atoms with Crippen molar-refractivity contribution in [2.75, 3.05) is 12.8 Å². The lowest BCUT2D eigenvalue weighted by Gasteiger charge is -2.32. The highest BCUT2D eigenvalue weighted by atomic mass is 32.2. The fourth-order valence-corrected chi connectivity index (χ4v) is 1.93. The summed E-state index contributed by atoms with van der Waals surface area (Å²) < 4.78 is 64.4. The number of likely N-dealkylation sites (tertiary alicyclic amines) is 1. The fraction of sp³-hybridized carbons (Fsp3) is 0.364. The number of amidine groups is 1. The summed E-state index contributed by atoms with van der Waals surface area (Å²) in [5, 5.41) is 3.25. The monoisotopic (exact) mass is 337 g/mol. The number of halogens is 3. The minimum absolute atomic E-state index is 0.0626. The van der Waals surface area contributed by atoms with E-state index in [9.17, 15) is 26.4 Å². The average molecular weight is 337 g/mol. The molecule has 0 unspecified atom stereocenters. The van der Waals surface area contributed by atoms with Crippen molar-refractivity contribution in [1.29, 1.82) is 0 Å². The van der Waals surface area contributed by atoms with Gasteiger partial charge in [0, 0.05) is 25.4 Å². The Balaban J connectivity index is 2.27. The highest BCUT2D eigenvalue weighted by Gasteiger charge is 2.39. The molecule has 0 N–H and O–H groups in total. The van der Waals surface area contributed by atoms with Gasteiger partial charge in [0.05, 0.1) is 17.4 Å². The number of alkyl halides is 3. The van der Waals surface area contributed by atoms with E-state index in [1.165, 1.54) is 0 Å². The number of hydrogen-bond acceptors (Lipinski definition) is 6. The van der Waals surface area contributed by atoms with Crippen LogP contribution in [0, 0.1) is 0 Å². The summed E-state index contributed by atoms with van der Waals surface area (Å²) in [6.07, 6.45) is -2.01. The summed E-state index contributed by atoms with van der Waals surface area (Å²) in [6, 6.07) is 0.691. The van der Waals surface area contributed by atoms with Gasteiger partial charge in [-0.3, -0.25) is 19.0 Å². The molecule has 0 aliphatic carbocycles. The Morgan fingerprint density at radius 3 is 2.64 bits per heavy atom. The third-order valence-corrected chi connectivity index (χ3v) is 3.10. The first-order chi connectivity index (χ1) is 10.1. The summed E-state index contributed by atoms with van der Waals surface area (Å²) in [6.45, 7) is 0.108. The van der Waals surface area contributed by atoms with Gasteiger partial charge in [-0.1, -0.05) is 5.16 Å². The maximum absolute atomic E-state index is 12.9. The topological polar surface area (TPSA) is 88.9 Å². The Morgan fingerprint density at radius 2 is 2.14 bits per heavy atom. The Kier molecular flexibility index (Phi) is 4.09. The zero-order valence-corrected chi connectivity index (χ0v) is 12.0. The lowest BCUT2D eigenvalue weighted by molar-refractivity contribution is -0.138. The molecular formula is C11H10F3N3O4S. The number of hydrogen-bond donors (Lipinski definition) is 0. The molecule has 22 heavy (non-hydrogen) atoms. The minimum Gasteiger partial charge on any atom is -0.293 e. The Bertz CT molecular complexity index is 730. The van der Waals surface area contributed by atoms with Crippen molar-refractivity contribution in [3.8, 4) is 0 Å². The number of oxime groups is 1. The van der Waals surface area contributed by atoms with Crippen molar-refractivity contribution >= 4 is 21.9 Å². The van der Waals surface area contributed by atoms with Crippen LogP contribution in [-0.2, 0) is 20.6 Å². The molecule has 0 atom stereocenters. The first-order valence-corrected chi connectivity index (χ1v) is 7.70. The summed E-state index contributed by atoms with van der Waals surface area (Å²) in [5.74, 6) is -1.03. The summed E-state index contributed by atoms with van der Waals surface area (Å²) in [5.41, 5.74) is -1.76. The summed E-state index contributed by atoms with van der Waals surface area (Å²) >= 11 is 0. The van der Waals surface area contributed by atoms with E-state index in [2.05, 4.69) is 14.4 Å². The van der Waals surface area contributed by atoms with E-state index in [0.29, 0.717) is 6.07 Å². The standard InChI is InChI=1S/C11H10F3N3O4S/c1-22(19,20)21-16-9-3-5-17(9)10(18)7-6-15-4-2-8(7)11(12,13)14/h2,4,6H,3,5H2,1H3. The minimum atomic E-state index is -4.71. The van der Waals surface area contributed by atoms with Crippen LogP contribution in [0.25, 0.3) is 0 Å². The number of pyridine rings is 1. The van der Waals surface area contributed by atoms with Crippen LogP contribution in [0.15, 0.2) is 23.6 Å². The van der Waals surface area contributed by atoms with Crippen LogP contribution in [0.1, 0.15) is 22.3 Å². The normalized spacial score (nSPS) is 17.3. The molecule has 2 heterocycles. The average Bonchev–Trinajstić information content (AvgIpc) is 2.35. The quantitative estimate of drug-likeness (QED) is 0.774. The lowest BCUT2D eigenvalue weighted by atomic mass is 10.1. The summed E-state index contributed by atoms with van der Waals surface area (Å²) in [4.78, 5) is 16.5. The molecule has 0 saturated carbocycles. The number of aromatic nitrogens is 1. The van der Waals surface area contributed by atoms with Gasteiger partial charge in [-0.25, -0.2) is 0 Å². The van der Waals surface area contributed by atoms with Crippen LogP contribution in [0.4, 0.5) is 13.2 Å². The second-order valence-electron chi connectivity index (χ2n) is 4.41. The van der Waals surface area contributed by atoms with Crippen molar-refractivity contribution < 1.29 is 30.7 Å². The Morgan fingerprint density at radius 1 is 1.45 bits per heavy atom. The second kappa shape index (κ2) is 5.55. The van der Waals surface area contributed by atoms with Crippen LogP contribution in [-0.4, -0.2) is 42.8 Å². The molecule has 0 aromatic carbocycles. The molecule has 1 amide bonds. The molecule has 0 radical (unpaired) electrons. The van der Waals surface area contributed by atoms with Gasteiger partial charge in [-0.15, -0.1) is 0 Å². The van der Waals surface area contributed by atoms with E-state index in [-0.39, 0.29) is 18.8 Å². The lowest BCUT2D eigenvalue weighted by Crippen LogP contribution is -2.48. The Labute approximate surface area is 123 Å². The van der Waals surface area contributed by atoms with Crippen molar-refractivity contribution in [3.05, 3.63) is 29.6 Å². The molecule has 0 spiro atoms. The molecule has 1 aromatic heterocycles. The zero-order chi connectivity index (χ0) is 16.5. The fourth-order valence-electron chi connectivity index (χ4n) is 1.71. The number of amides is 1. The zero-order valence-electron chi connectivity index (χ0n) is 11.2.